The van der Waals surface area contributed by atoms with Crippen molar-refractivity contribution in [3.05, 3.63) is 17.4 Å². The quantitative estimate of drug-likeness (QED) is 0.729. The molecule has 10 nitrogen and oxygen atoms in total. The van der Waals surface area contributed by atoms with E-state index in [9.17, 15) is 18.0 Å². The molecule has 0 aliphatic carbocycles. The summed E-state index contributed by atoms with van der Waals surface area (Å²) in [6, 6.07) is 1.06. The number of esters is 1. The Morgan fingerprint density at radius 1 is 1.22 bits per heavy atom. The highest BCUT2D eigenvalue weighted by Crippen LogP contribution is 2.22. The molecule has 0 radical (unpaired) electrons. The Labute approximate surface area is 158 Å². The van der Waals surface area contributed by atoms with Gasteiger partial charge in [-0.1, -0.05) is 0 Å². The standard InChI is InChI=1S/C16H25N3O7S/c1-16(2,3)26-15(21)19-7-5-18(6-8-19)10-12-11(14(20)24-4)9-13(25-12)27(17,22)23/h9H,5-8,10H2,1-4H3,(H2,17,22,23). The number of carbonyl (C=O) groups is 2. The van der Waals surface area contributed by atoms with E-state index in [2.05, 4.69) is 4.74 Å². The number of primary sulfonamides is 1. The van der Waals surface area contributed by atoms with Gasteiger partial charge >= 0.3 is 12.1 Å². The van der Waals surface area contributed by atoms with E-state index in [-0.39, 0.29) is 24.0 Å². The predicted octanol–water partition coefficient (Wildman–Crippen LogP) is 0.766. The lowest BCUT2D eigenvalue weighted by Crippen LogP contribution is -2.49. The number of piperazine rings is 1. The van der Waals surface area contributed by atoms with Crippen molar-refractivity contribution in [1.82, 2.24) is 9.80 Å². The van der Waals surface area contributed by atoms with Gasteiger partial charge in [-0.15, -0.1) is 0 Å². The number of hydrogen-bond acceptors (Lipinski definition) is 8. The van der Waals surface area contributed by atoms with Gasteiger partial charge < -0.3 is 18.8 Å². The molecule has 0 aromatic carbocycles. The van der Waals surface area contributed by atoms with Crippen molar-refractivity contribution in [2.75, 3.05) is 33.3 Å². The smallest absolute Gasteiger partial charge is 0.410 e. The molecule has 2 rings (SSSR count). The molecule has 0 atom stereocenters. The maximum Gasteiger partial charge on any atom is 0.410 e. The third-order valence-electron chi connectivity index (χ3n) is 3.86. The van der Waals surface area contributed by atoms with Crippen molar-refractivity contribution in [3.8, 4) is 0 Å². The van der Waals surface area contributed by atoms with Crippen LogP contribution in [0.15, 0.2) is 15.6 Å². The first-order chi connectivity index (χ1) is 12.4. The van der Waals surface area contributed by atoms with Gasteiger partial charge in [0, 0.05) is 32.2 Å². The number of nitrogens with zero attached hydrogens (tertiary/aromatic N) is 2. The molecule has 0 spiro atoms. The van der Waals surface area contributed by atoms with Crippen molar-refractivity contribution in [3.63, 3.8) is 0 Å². The van der Waals surface area contributed by atoms with Crippen LogP contribution in [-0.4, -0.2) is 69.2 Å². The molecule has 1 fully saturated rings. The molecule has 1 amide bonds. The fraction of sp³-hybridized carbons (Fsp3) is 0.625. The van der Waals surface area contributed by atoms with Crippen molar-refractivity contribution in [2.45, 2.75) is 38.0 Å². The summed E-state index contributed by atoms with van der Waals surface area (Å²) in [6.07, 6.45) is -0.382. The molecule has 11 heteroatoms. The topological polar surface area (TPSA) is 132 Å². The van der Waals surface area contributed by atoms with Crippen LogP contribution in [0.2, 0.25) is 0 Å². The van der Waals surface area contributed by atoms with Gasteiger partial charge in [0.05, 0.1) is 13.7 Å². The summed E-state index contributed by atoms with van der Waals surface area (Å²) >= 11 is 0. The number of hydrogen-bond donors (Lipinski definition) is 1. The summed E-state index contributed by atoms with van der Waals surface area (Å²) in [5.74, 6) is -0.562. The summed E-state index contributed by atoms with van der Waals surface area (Å²) < 4.78 is 38.3. The minimum atomic E-state index is -4.09. The second kappa shape index (κ2) is 7.87. The van der Waals surface area contributed by atoms with Crippen LogP contribution in [0.5, 0.6) is 0 Å². The van der Waals surface area contributed by atoms with Gasteiger partial charge in [0.2, 0.25) is 5.09 Å². The first-order valence-corrected chi connectivity index (χ1v) is 9.89. The lowest BCUT2D eigenvalue weighted by Gasteiger charge is -2.35. The monoisotopic (exact) mass is 403 g/mol. The molecule has 2 N–H and O–H groups in total. The molecule has 27 heavy (non-hydrogen) atoms. The number of methoxy groups -OCH3 is 1. The van der Waals surface area contributed by atoms with E-state index in [0.29, 0.717) is 26.2 Å². The Balaban J connectivity index is 2.05. The number of rotatable bonds is 4. The van der Waals surface area contributed by atoms with Gasteiger partial charge in [0.1, 0.15) is 16.9 Å². The van der Waals surface area contributed by atoms with Crippen LogP contribution in [0.1, 0.15) is 36.9 Å². The van der Waals surface area contributed by atoms with E-state index in [1.54, 1.807) is 25.7 Å². The minimum absolute atomic E-state index is 0.0103. The van der Waals surface area contributed by atoms with Crippen molar-refractivity contribution in [2.24, 2.45) is 5.14 Å². The first kappa shape index (κ1) is 21.2. The third-order valence-corrected chi connectivity index (χ3v) is 4.63. The zero-order valence-corrected chi connectivity index (χ0v) is 16.7. The predicted molar refractivity (Wildman–Crippen MR) is 94.5 cm³/mol. The fourth-order valence-corrected chi connectivity index (χ4v) is 3.06. The van der Waals surface area contributed by atoms with E-state index >= 15 is 0 Å². The van der Waals surface area contributed by atoms with Crippen LogP contribution < -0.4 is 5.14 Å². The Morgan fingerprint density at radius 2 is 1.81 bits per heavy atom. The SMILES string of the molecule is COC(=O)c1cc(S(N)(=O)=O)oc1CN1CCN(C(=O)OC(C)(C)C)CC1. The van der Waals surface area contributed by atoms with Gasteiger partial charge in [0.25, 0.3) is 10.0 Å². The largest absolute Gasteiger partial charge is 0.465 e. The van der Waals surface area contributed by atoms with Crippen LogP contribution in [-0.2, 0) is 26.0 Å². The lowest BCUT2D eigenvalue weighted by atomic mass is 10.2. The van der Waals surface area contributed by atoms with Gasteiger partial charge in [-0.3, -0.25) is 4.90 Å². The van der Waals surface area contributed by atoms with Crippen molar-refractivity contribution >= 4 is 22.1 Å². The van der Waals surface area contributed by atoms with E-state index in [0.717, 1.165) is 6.07 Å². The van der Waals surface area contributed by atoms with Gasteiger partial charge in [-0.25, -0.2) is 23.1 Å². The zero-order valence-electron chi connectivity index (χ0n) is 15.9. The molecule has 1 aliphatic heterocycles. The summed E-state index contributed by atoms with van der Waals surface area (Å²) in [4.78, 5) is 27.5. The van der Waals surface area contributed by atoms with Crippen molar-refractivity contribution in [1.29, 1.82) is 0 Å². The molecule has 1 saturated heterocycles. The highest BCUT2D eigenvalue weighted by atomic mass is 32.2. The van der Waals surface area contributed by atoms with Crippen LogP contribution >= 0.6 is 0 Å². The van der Waals surface area contributed by atoms with Gasteiger partial charge in [-0.05, 0) is 20.8 Å². The van der Waals surface area contributed by atoms with Crippen LogP contribution in [0.25, 0.3) is 0 Å². The Kier molecular flexibility index (Phi) is 6.17. The van der Waals surface area contributed by atoms with E-state index in [1.807, 2.05) is 4.90 Å². The number of nitrogens with two attached hydrogens (primary N) is 1. The molecule has 2 heterocycles. The van der Waals surface area contributed by atoms with E-state index in [1.165, 1.54) is 7.11 Å². The Hall–Kier alpha value is -2.11. The maximum atomic E-state index is 12.1. The molecule has 1 aromatic heterocycles. The minimum Gasteiger partial charge on any atom is -0.465 e. The van der Waals surface area contributed by atoms with Gasteiger partial charge in [-0.2, -0.15) is 0 Å². The Morgan fingerprint density at radius 3 is 2.30 bits per heavy atom. The van der Waals surface area contributed by atoms with Crippen molar-refractivity contribution < 1.29 is 31.9 Å². The molecular weight excluding hydrogens is 378 g/mol. The molecule has 0 bridgehead atoms. The van der Waals surface area contributed by atoms with Crippen LogP contribution in [0, 0.1) is 0 Å². The highest BCUT2D eigenvalue weighted by Gasteiger charge is 2.29. The lowest BCUT2D eigenvalue weighted by molar-refractivity contribution is 0.0133. The highest BCUT2D eigenvalue weighted by molar-refractivity contribution is 7.89. The maximum absolute atomic E-state index is 12.1. The van der Waals surface area contributed by atoms with Crippen LogP contribution in [0.3, 0.4) is 0 Å². The number of furan rings is 1. The summed E-state index contributed by atoms with van der Waals surface area (Å²) in [5.41, 5.74) is -0.557. The number of ether oxygens (including phenoxy) is 2. The zero-order chi connectivity index (χ0) is 20.4. The number of carbonyl (C=O) groups excluding carboxylic acids is 2. The van der Waals surface area contributed by atoms with Crippen LogP contribution in [0.4, 0.5) is 4.79 Å². The Bertz CT molecular complexity index is 802. The molecule has 0 saturated carbocycles. The average Bonchev–Trinajstić information content (AvgIpc) is 2.97. The third kappa shape index (κ3) is 5.68. The average molecular weight is 403 g/mol. The second-order valence-corrected chi connectivity index (χ2v) is 8.67. The molecule has 1 aliphatic rings. The number of sulfonamides is 1. The molecular formula is C16H25N3O7S. The molecule has 1 aromatic rings. The summed E-state index contributed by atoms with van der Waals surface area (Å²) in [5, 5.41) is 4.58. The first-order valence-electron chi connectivity index (χ1n) is 8.35. The fourth-order valence-electron chi connectivity index (χ4n) is 2.56. The normalized spacial score (nSPS) is 16.3. The number of amides is 1. The molecule has 152 valence electrons. The van der Waals surface area contributed by atoms with E-state index in [4.69, 9.17) is 14.3 Å². The van der Waals surface area contributed by atoms with E-state index < -0.39 is 26.7 Å². The summed E-state index contributed by atoms with van der Waals surface area (Å²) in [7, 11) is -2.90. The molecule has 0 unspecified atom stereocenters. The second-order valence-electron chi connectivity index (χ2n) is 7.18. The van der Waals surface area contributed by atoms with Gasteiger partial charge in [0.15, 0.2) is 0 Å². The summed E-state index contributed by atoms with van der Waals surface area (Å²) in [6.45, 7) is 7.47.